The van der Waals surface area contributed by atoms with Crippen molar-refractivity contribution < 1.29 is 4.74 Å². The highest BCUT2D eigenvalue weighted by Crippen LogP contribution is 2.35. The number of hydrogen-bond donors (Lipinski definition) is 1. The molecule has 2 unspecified atom stereocenters. The maximum absolute atomic E-state index is 6.11. The van der Waals surface area contributed by atoms with Crippen molar-refractivity contribution in [1.82, 2.24) is 15.0 Å². The molecular formula is C10H18N4O. The molecule has 5 heteroatoms. The van der Waals surface area contributed by atoms with E-state index in [-0.39, 0.29) is 12.1 Å². The van der Waals surface area contributed by atoms with E-state index in [1.54, 1.807) is 11.8 Å². The zero-order chi connectivity index (χ0) is 10.8. The number of nitrogens with two attached hydrogens (primary N) is 1. The van der Waals surface area contributed by atoms with Gasteiger partial charge in [0.25, 0.3) is 0 Å². The molecule has 1 saturated carbocycles. The van der Waals surface area contributed by atoms with Crippen LogP contribution in [-0.2, 0) is 18.2 Å². The van der Waals surface area contributed by atoms with Gasteiger partial charge in [0.05, 0.1) is 11.8 Å². The first-order valence-electron chi connectivity index (χ1n) is 5.34. The van der Waals surface area contributed by atoms with Crippen LogP contribution >= 0.6 is 0 Å². The Labute approximate surface area is 89.6 Å². The highest BCUT2D eigenvalue weighted by molar-refractivity contribution is 4.99. The van der Waals surface area contributed by atoms with Crippen molar-refractivity contribution in [2.24, 2.45) is 18.7 Å². The maximum atomic E-state index is 6.11. The molecule has 84 valence electrons. The highest BCUT2D eigenvalue weighted by atomic mass is 16.5. The summed E-state index contributed by atoms with van der Waals surface area (Å²) in [5, 5.41) is 7.92. The minimum absolute atomic E-state index is 0.0270. The molecule has 0 saturated heterocycles. The summed E-state index contributed by atoms with van der Waals surface area (Å²) in [5.74, 6) is 0.654. The van der Waals surface area contributed by atoms with Gasteiger partial charge in [-0.25, -0.2) is 0 Å². The quantitative estimate of drug-likeness (QED) is 0.749. The van der Waals surface area contributed by atoms with Crippen molar-refractivity contribution in [2.75, 3.05) is 7.11 Å². The van der Waals surface area contributed by atoms with E-state index in [0.29, 0.717) is 5.92 Å². The van der Waals surface area contributed by atoms with Crippen molar-refractivity contribution >= 4 is 0 Å². The Balaban J connectivity index is 1.92. The van der Waals surface area contributed by atoms with Crippen molar-refractivity contribution in [3.63, 3.8) is 0 Å². The number of rotatable bonds is 5. The number of hydrogen-bond acceptors (Lipinski definition) is 4. The van der Waals surface area contributed by atoms with Gasteiger partial charge in [-0.1, -0.05) is 5.21 Å². The number of nitrogens with zero attached hydrogens (tertiary/aromatic N) is 3. The molecule has 0 bridgehead atoms. The average Bonchev–Trinajstić information content (AvgIpc) is 2.93. The molecule has 1 aromatic rings. The fourth-order valence-corrected chi connectivity index (χ4v) is 1.99. The SMILES string of the molecule is COC(C(N)Cc1cn(C)nn1)C1CC1. The van der Waals surface area contributed by atoms with Crippen LogP contribution in [0.4, 0.5) is 0 Å². The van der Waals surface area contributed by atoms with Crippen molar-refractivity contribution in [3.8, 4) is 0 Å². The van der Waals surface area contributed by atoms with Crippen LogP contribution in [0.25, 0.3) is 0 Å². The summed E-state index contributed by atoms with van der Waals surface area (Å²) in [5.41, 5.74) is 7.05. The number of aromatic nitrogens is 3. The third-order valence-electron chi connectivity index (χ3n) is 2.88. The number of aryl methyl sites for hydroxylation is 1. The monoisotopic (exact) mass is 210 g/mol. The van der Waals surface area contributed by atoms with Crippen molar-refractivity contribution in [3.05, 3.63) is 11.9 Å². The Morgan fingerprint density at radius 3 is 2.87 bits per heavy atom. The van der Waals surface area contributed by atoms with Gasteiger partial charge in [-0.05, 0) is 18.8 Å². The molecule has 1 aromatic heterocycles. The van der Waals surface area contributed by atoms with Crippen LogP contribution in [0.2, 0.25) is 0 Å². The van der Waals surface area contributed by atoms with E-state index >= 15 is 0 Å². The zero-order valence-corrected chi connectivity index (χ0v) is 9.26. The molecule has 0 radical (unpaired) electrons. The molecule has 0 amide bonds. The third kappa shape index (κ3) is 2.54. The van der Waals surface area contributed by atoms with E-state index in [1.807, 2.05) is 13.2 Å². The second-order valence-corrected chi connectivity index (χ2v) is 4.29. The van der Waals surface area contributed by atoms with Gasteiger partial charge in [0.15, 0.2) is 0 Å². The Morgan fingerprint density at radius 2 is 2.40 bits per heavy atom. The molecule has 1 fully saturated rings. The molecule has 1 heterocycles. The van der Waals surface area contributed by atoms with Gasteiger partial charge < -0.3 is 10.5 Å². The summed E-state index contributed by atoms with van der Waals surface area (Å²) >= 11 is 0. The largest absolute Gasteiger partial charge is 0.380 e. The summed E-state index contributed by atoms with van der Waals surface area (Å²) in [6, 6.07) is 0.0270. The number of ether oxygens (including phenoxy) is 1. The van der Waals surface area contributed by atoms with Crippen LogP contribution in [0.15, 0.2) is 6.20 Å². The molecule has 0 aromatic carbocycles. The first-order valence-corrected chi connectivity index (χ1v) is 5.34. The van der Waals surface area contributed by atoms with Crippen molar-refractivity contribution in [2.45, 2.75) is 31.4 Å². The van der Waals surface area contributed by atoms with E-state index < -0.39 is 0 Å². The summed E-state index contributed by atoms with van der Waals surface area (Å²) in [7, 11) is 3.59. The predicted molar refractivity (Wildman–Crippen MR) is 56.2 cm³/mol. The van der Waals surface area contributed by atoms with Gasteiger partial charge in [-0.3, -0.25) is 4.68 Å². The van der Waals surface area contributed by atoms with Gasteiger partial charge in [-0.2, -0.15) is 0 Å². The zero-order valence-electron chi connectivity index (χ0n) is 9.26. The van der Waals surface area contributed by atoms with Crippen LogP contribution in [0.1, 0.15) is 18.5 Å². The van der Waals surface area contributed by atoms with Crippen LogP contribution in [0.5, 0.6) is 0 Å². The summed E-state index contributed by atoms with van der Waals surface area (Å²) in [6.07, 6.45) is 5.30. The second kappa shape index (κ2) is 4.28. The summed E-state index contributed by atoms with van der Waals surface area (Å²) in [6.45, 7) is 0. The predicted octanol–water partition coefficient (Wildman–Crippen LogP) is 0.110. The standard InChI is InChI=1S/C10H18N4O/c1-14-6-8(12-13-14)5-9(11)10(15-2)7-3-4-7/h6-7,9-10H,3-5,11H2,1-2H3. The average molecular weight is 210 g/mol. The normalized spacial score (nSPS) is 20.2. The molecule has 5 nitrogen and oxygen atoms in total. The van der Waals surface area contributed by atoms with Gasteiger partial charge >= 0.3 is 0 Å². The smallest absolute Gasteiger partial charge is 0.0843 e. The lowest BCUT2D eigenvalue weighted by Gasteiger charge is -2.21. The lowest BCUT2D eigenvalue weighted by Crippen LogP contribution is -2.39. The van der Waals surface area contributed by atoms with E-state index in [9.17, 15) is 0 Å². The Morgan fingerprint density at radius 1 is 1.67 bits per heavy atom. The molecule has 1 aliphatic rings. The molecule has 2 rings (SSSR count). The molecule has 2 atom stereocenters. The highest BCUT2D eigenvalue weighted by Gasteiger charge is 2.35. The lowest BCUT2D eigenvalue weighted by molar-refractivity contribution is 0.0624. The topological polar surface area (TPSA) is 66.0 Å². The fourth-order valence-electron chi connectivity index (χ4n) is 1.99. The van der Waals surface area contributed by atoms with E-state index in [0.717, 1.165) is 12.1 Å². The van der Waals surface area contributed by atoms with E-state index in [4.69, 9.17) is 10.5 Å². The summed E-state index contributed by atoms with van der Waals surface area (Å²) < 4.78 is 7.13. The first-order chi connectivity index (χ1) is 7.20. The van der Waals surface area contributed by atoms with E-state index in [2.05, 4.69) is 10.3 Å². The van der Waals surface area contributed by atoms with Gasteiger partial charge in [0.1, 0.15) is 0 Å². The maximum Gasteiger partial charge on any atom is 0.0843 e. The Kier molecular flexibility index (Phi) is 3.02. The fraction of sp³-hybridized carbons (Fsp3) is 0.800. The van der Waals surface area contributed by atoms with Crippen LogP contribution in [0.3, 0.4) is 0 Å². The molecule has 0 spiro atoms. The number of methoxy groups -OCH3 is 1. The van der Waals surface area contributed by atoms with E-state index in [1.165, 1.54) is 12.8 Å². The minimum Gasteiger partial charge on any atom is -0.380 e. The molecular weight excluding hydrogens is 192 g/mol. The van der Waals surface area contributed by atoms with Gasteiger partial charge in [0, 0.05) is 32.8 Å². The molecule has 2 N–H and O–H groups in total. The van der Waals surface area contributed by atoms with Crippen LogP contribution in [0, 0.1) is 5.92 Å². The van der Waals surface area contributed by atoms with Gasteiger partial charge in [-0.15, -0.1) is 5.10 Å². The summed E-state index contributed by atoms with van der Waals surface area (Å²) in [4.78, 5) is 0. The second-order valence-electron chi connectivity index (χ2n) is 4.29. The molecule has 1 aliphatic carbocycles. The first kappa shape index (κ1) is 10.6. The van der Waals surface area contributed by atoms with Gasteiger partial charge in [0.2, 0.25) is 0 Å². The minimum atomic E-state index is 0.0270. The lowest BCUT2D eigenvalue weighted by atomic mass is 10.0. The molecule has 15 heavy (non-hydrogen) atoms. The Bertz CT molecular complexity index is 321. The Hall–Kier alpha value is -0.940. The van der Waals surface area contributed by atoms with Crippen LogP contribution in [-0.4, -0.2) is 34.2 Å². The third-order valence-corrected chi connectivity index (χ3v) is 2.88. The van der Waals surface area contributed by atoms with Crippen molar-refractivity contribution in [1.29, 1.82) is 0 Å². The van der Waals surface area contributed by atoms with Crippen LogP contribution < -0.4 is 5.73 Å². The molecule has 0 aliphatic heterocycles.